The average Bonchev–Trinajstić information content (AvgIpc) is 3.22. The number of aliphatic imine (C=N–C) groups is 1. The minimum absolute atomic E-state index is 0.527. The molecule has 3 rings (SSSR count). The van der Waals surface area contributed by atoms with E-state index in [1.165, 1.54) is 30.2 Å². The summed E-state index contributed by atoms with van der Waals surface area (Å²) in [6.45, 7) is 15.6. The fourth-order valence-corrected chi connectivity index (χ4v) is 5.45. The first-order chi connectivity index (χ1) is 14.6. The lowest BCUT2D eigenvalue weighted by Gasteiger charge is -2.39. The molecule has 0 aliphatic carbocycles. The number of nitrogens with zero attached hydrogens (tertiary/aromatic N) is 4. The number of piperazine rings is 1. The Hall–Kier alpha value is -1.24. The molecular weight excluding hydrogens is 390 g/mol. The van der Waals surface area contributed by atoms with Gasteiger partial charge in [-0.15, -0.1) is 11.8 Å². The van der Waals surface area contributed by atoms with Crippen LogP contribution < -0.4 is 5.32 Å². The molecule has 2 heterocycles. The molecule has 0 saturated carbocycles. The SMILES string of the molecule is CCNC(=NCC(C(C)C)N1CCN(C)CC1)N1CCC(CSc2ccccc2)C1. The molecule has 2 atom stereocenters. The van der Waals surface area contributed by atoms with Crippen molar-refractivity contribution in [1.82, 2.24) is 20.0 Å². The third kappa shape index (κ3) is 6.89. The Labute approximate surface area is 188 Å². The predicted molar refractivity (Wildman–Crippen MR) is 131 cm³/mol. The van der Waals surface area contributed by atoms with Crippen molar-refractivity contribution in [2.45, 2.75) is 38.1 Å². The topological polar surface area (TPSA) is 34.1 Å². The zero-order valence-corrected chi connectivity index (χ0v) is 20.2. The van der Waals surface area contributed by atoms with Gasteiger partial charge in [-0.25, -0.2) is 0 Å². The van der Waals surface area contributed by atoms with Crippen molar-refractivity contribution in [3.63, 3.8) is 0 Å². The number of nitrogens with one attached hydrogen (secondary N) is 1. The smallest absolute Gasteiger partial charge is 0.193 e. The van der Waals surface area contributed by atoms with Crippen LogP contribution in [0.25, 0.3) is 0 Å². The number of likely N-dealkylation sites (tertiary alicyclic amines) is 1. The summed E-state index contributed by atoms with van der Waals surface area (Å²) in [5, 5.41) is 3.57. The van der Waals surface area contributed by atoms with Crippen LogP contribution in [-0.4, -0.2) is 91.9 Å². The Morgan fingerprint density at radius 2 is 1.87 bits per heavy atom. The minimum Gasteiger partial charge on any atom is -0.357 e. The summed E-state index contributed by atoms with van der Waals surface area (Å²) in [6, 6.07) is 11.3. The number of guanidine groups is 1. The van der Waals surface area contributed by atoms with Crippen molar-refractivity contribution < 1.29 is 0 Å². The van der Waals surface area contributed by atoms with Crippen LogP contribution in [0.1, 0.15) is 27.2 Å². The first-order valence-electron chi connectivity index (χ1n) is 11.7. The van der Waals surface area contributed by atoms with Gasteiger partial charge in [-0.3, -0.25) is 9.89 Å². The highest BCUT2D eigenvalue weighted by atomic mass is 32.2. The molecule has 1 N–H and O–H groups in total. The molecule has 2 unspecified atom stereocenters. The van der Waals surface area contributed by atoms with E-state index in [9.17, 15) is 0 Å². The van der Waals surface area contributed by atoms with Crippen molar-refractivity contribution in [3.8, 4) is 0 Å². The summed E-state index contributed by atoms with van der Waals surface area (Å²) in [5.41, 5.74) is 0. The lowest BCUT2D eigenvalue weighted by atomic mass is 10.0. The molecule has 1 aromatic carbocycles. The van der Waals surface area contributed by atoms with Gasteiger partial charge < -0.3 is 15.1 Å². The van der Waals surface area contributed by atoms with E-state index in [4.69, 9.17) is 4.99 Å². The Morgan fingerprint density at radius 3 is 2.53 bits per heavy atom. The van der Waals surface area contributed by atoms with Crippen molar-refractivity contribution in [1.29, 1.82) is 0 Å². The molecule has 168 valence electrons. The molecule has 1 aromatic rings. The van der Waals surface area contributed by atoms with Gasteiger partial charge in [-0.1, -0.05) is 32.0 Å². The monoisotopic (exact) mass is 431 g/mol. The number of hydrogen-bond donors (Lipinski definition) is 1. The molecule has 0 radical (unpaired) electrons. The molecule has 5 nitrogen and oxygen atoms in total. The average molecular weight is 432 g/mol. The van der Waals surface area contributed by atoms with Crippen molar-refractivity contribution in [2.24, 2.45) is 16.8 Å². The molecule has 2 saturated heterocycles. The largest absolute Gasteiger partial charge is 0.357 e. The molecule has 0 amide bonds. The van der Waals surface area contributed by atoms with Crippen LogP contribution in [0.2, 0.25) is 0 Å². The van der Waals surface area contributed by atoms with Crippen molar-refractivity contribution in [3.05, 3.63) is 30.3 Å². The third-order valence-corrected chi connectivity index (χ3v) is 7.60. The summed E-state index contributed by atoms with van der Waals surface area (Å²) < 4.78 is 0. The maximum atomic E-state index is 5.13. The summed E-state index contributed by atoms with van der Waals surface area (Å²) in [4.78, 5) is 14.1. The van der Waals surface area contributed by atoms with Crippen molar-refractivity contribution >= 4 is 17.7 Å². The molecule has 0 bridgehead atoms. The molecular formula is C24H41N5S. The van der Waals surface area contributed by atoms with Gasteiger partial charge in [0, 0.05) is 62.5 Å². The Kier molecular flexibility index (Phi) is 9.34. The minimum atomic E-state index is 0.527. The molecule has 0 aromatic heterocycles. The fourth-order valence-electron chi connectivity index (χ4n) is 4.40. The predicted octanol–water partition coefficient (Wildman–Crippen LogP) is 3.34. The Bertz CT molecular complexity index is 642. The van der Waals surface area contributed by atoms with Gasteiger partial charge in [-0.05, 0) is 44.4 Å². The van der Waals surface area contributed by atoms with Crippen molar-refractivity contribution in [2.75, 3.05) is 65.2 Å². The van der Waals surface area contributed by atoms with Gasteiger partial charge in [0.05, 0.1) is 6.54 Å². The zero-order valence-electron chi connectivity index (χ0n) is 19.4. The molecule has 30 heavy (non-hydrogen) atoms. The van der Waals surface area contributed by atoms with Gasteiger partial charge >= 0.3 is 0 Å². The summed E-state index contributed by atoms with van der Waals surface area (Å²) in [7, 11) is 2.23. The van der Waals surface area contributed by atoms with Gasteiger partial charge in [0.2, 0.25) is 0 Å². The zero-order chi connectivity index (χ0) is 21.3. The second kappa shape index (κ2) is 12.0. The first-order valence-corrected chi connectivity index (χ1v) is 12.7. The highest BCUT2D eigenvalue weighted by Crippen LogP contribution is 2.26. The van der Waals surface area contributed by atoms with E-state index in [1.54, 1.807) is 0 Å². The van der Waals surface area contributed by atoms with Gasteiger partial charge in [0.15, 0.2) is 5.96 Å². The molecule has 6 heteroatoms. The summed E-state index contributed by atoms with van der Waals surface area (Å²) in [6.07, 6.45) is 1.26. The highest BCUT2D eigenvalue weighted by molar-refractivity contribution is 7.99. The quantitative estimate of drug-likeness (QED) is 0.388. The highest BCUT2D eigenvalue weighted by Gasteiger charge is 2.27. The van der Waals surface area contributed by atoms with Crippen LogP contribution in [0.5, 0.6) is 0 Å². The molecule has 2 aliphatic rings. The van der Waals surface area contributed by atoms with Crippen LogP contribution >= 0.6 is 11.8 Å². The van der Waals surface area contributed by atoms with Gasteiger partial charge in [-0.2, -0.15) is 0 Å². The van der Waals surface area contributed by atoms with Crippen LogP contribution in [-0.2, 0) is 0 Å². The second-order valence-electron chi connectivity index (χ2n) is 9.07. The van der Waals surface area contributed by atoms with Crippen LogP contribution in [0, 0.1) is 11.8 Å². The lowest BCUT2D eigenvalue weighted by Crippen LogP contribution is -2.52. The summed E-state index contributed by atoms with van der Waals surface area (Å²) >= 11 is 1.99. The van der Waals surface area contributed by atoms with E-state index in [-0.39, 0.29) is 0 Å². The van der Waals surface area contributed by atoms with E-state index >= 15 is 0 Å². The third-order valence-electron chi connectivity index (χ3n) is 6.35. The number of hydrogen-bond acceptors (Lipinski definition) is 4. The van der Waals surface area contributed by atoms with Crippen LogP contribution in [0.4, 0.5) is 0 Å². The molecule has 2 aliphatic heterocycles. The standard InChI is InChI=1S/C24H41N5S/c1-5-25-24(26-17-23(20(2)3)28-15-13-27(4)14-16-28)29-12-11-21(18-29)19-30-22-9-7-6-8-10-22/h6-10,20-21,23H,5,11-19H2,1-4H3,(H,25,26). The van der Waals surface area contributed by atoms with E-state index in [1.807, 2.05) is 11.8 Å². The maximum Gasteiger partial charge on any atom is 0.193 e. The Morgan fingerprint density at radius 1 is 1.13 bits per heavy atom. The number of benzene rings is 1. The number of thioether (sulfide) groups is 1. The van der Waals surface area contributed by atoms with Crippen LogP contribution in [0.3, 0.4) is 0 Å². The normalized spacial score (nSPS) is 22.6. The molecule has 2 fully saturated rings. The van der Waals surface area contributed by atoms with E-state index in [0.29, 0.717) is 12.0 Å². The van der Waals surface area contributed by atoms with E-state index < -0.39 is 0 Å². The van der Waals surface area contributed by atoms with Crippen LogP contribution in [0.15, 0.2) is 40.2 Å². The lowest BCUT2D eigenvalue weighted by molar-refractivity contribution is 0.0924. The Balaban J connectivity index is 1.55. The number of likely N-dealkylation sites (N-methyl/N-ethyl adjacent to an activating group) is 1. The second-order valence-corrected chi connectivity index (χ2v) is 10.2. The molecule has 0 spiro atoms. The number of rotatable bonds is 8. The van der Waals surface area contributed by atoms with Gasteiger partial charge in [0.1, 0.15) is 0 Å². The van der Waals surface area contributed by atoms with Gasteiger partial charge in [0.25, 0.3) is 0 Å². The summed E-state index contributed by atoms with van der Waals surface area (Å²) in [5.74, 6) is 3.66. The first kappa shape index (κ1) is 23.4. The fraction of sp³-hybridized carbons (Fsp3) is 0.708. The van der Waals surface area contributed by atoms with E-state index in [2.05, 4.69) is 78.2 Å². The van der Waals surface area contributed by atoms with E-state index in [0.717, 1.165) is 51.1 Å². The maximum absolute atomic E-state index is 5.13.